The largest absolute Gasteiger partial charge is 0.507 e. The summed E-state index contributed by atoms with van der Waals surface area (Å²) >= 11 is 0. The predicted octanol–water partition coefficient (Wildman–Crippen LogP) is 3.89. The Balaban J connectivity index is 1.54. The van der Waals surface area contributed by atoms with Crippen molar-refractivity contribution in [1.82, 2.24) is 15.2 Å². The smallest absolute Gasteiger partial charge is 0.341 e. The number of hydrogen-bond donors (Lipinski definition) is 2. The normalized spacial score (nSPS) is 25.4. The number of phenols is 1. The van der Waals surface area contributed by atoms with Crippen LogP contribution in [0.25, 0.3) is 0 Å². The molecular weight excluding hydrogens is 422 g/mol. The van der Waals surface area contributed by atoms with Gasteiger partial charge in [0.2, 0.25) is 0 Å². The number of allylic oxidation sites excluding steroid dienone is 2. The van der Waals surface area contributed by atoms with Crippen LogP contribution in [0.15, 0.2) is 52.5 Å². The van der Waals surface area contributed by atoms with Crippen molar-refractivity contribution in [3.8, 4) is 5.75 Å². The number of phenolic OH excluding ortho intramolecular Hbond substituents is 1. The molecule has 2 heterocycles. The first-order valence-electron chi connectivity index (χ1n) is 11.1. The predicted molar refractivity (Wildman–Crippen MR) is 119 cm³/mol. The highest BCUT2D eigenvalue weighted by Crippen LogP contribution is 2.61. The summed E-state index contributed by atoms with van der Waals surface area (Å²) in [6.07, 6.45) is 8.86. The Kier molecular flexibility index (Phi) is 5.03. The van der Waals surface area contributed by atoms with Crippen LogP contribution in [0.5, 0.6) is 5.75 Å². The van der Waals surface area contributed by atoms with Crippen LogP contribution in [-0.4, -0.2) is 40.6 Å². The van der Waals surface area contributed by atoms with Gasteiger partial charge >= 0.3 is 12.0 Å². The molecule has 2 aliphatic carbocycles. The molecule has 0 saturated heterocycles. The lowest BCUT2D eigenvalue weighted by molar-refractivity contribution is 0.0597. The van der Waals surface area contributed by atoms with E-state index in [1.54, 1.807) is 17.0 Å². The number of oxazole rings is 1. The maximum absolute atomic E-state index is 13.3. The van der Waals surface area contributed by atoms with Crippen molar-refractivity contribution in [2.45, 2.75) is 39.3 Å². The van der Waals surface area contributed by atoms with E-state index in [0.717, 1.165) is 23.1 Å². The van der Waals surface area contributed by atoms with E-state index in [-0.39, 0.29) is 35.3 Å². The number of rotatable bonds is 4. The molecular formula is C25H27N3O5. The summed E-state index contributed by atoms with van der Waals surface area (Å²) in [6.45, 7) is 5.12. The van der Waals surface area contributed by atoms with Crippen molar-refractivity contribution in [3.05, 3.63) is 70.5 Å². The van der Waals surface area contributed by atoms with Crippen LogP contribution in [0.3, 0.4) is 0 Å². The average molecular weight is 450 g/mol. The number of aromatic hydroxyl groups is 1. The van der Waals surface area contributed by atoms with Gasteiger partial charge in [-0.3, -0.25) is 0 Å². The molecule has 1 aromatic heterocycles. The molecule has 5 rings (SSSR count). The van der Waals surface area contributed by atoms with Crippen molar-refractivity contribution in [2.75, 3.05) is 13.7 Å². The Hall–Kier alpha value is -3.55. The first-order valence-corrected chi connectivity index (χ1v) is 11.1. The van der Waals surface area contributed by atoms with Gasteiger partial charge in [0.25, 0.3) is 0 Å². The molecule has 2 N–H and O–H groups in total. The van der Waals surface area contributed by atoms with Gasteiger partial charge in [-0.1, -0.05) is 24.6 Å². The number of nitrogens with one attached hydrogen (secondary N) is 1. The number of esters is 1. The molecule has 8 heteroatoms. The Morgan fingerprint density at radius 3 is 2.94 bits per heavy atom. The molecule has 0 bridgehead atoms. The first kappa shape index (κ1) is 21.3. The van der Waals surface area contributed by atoms with Crippen molar-refractivity contribution >= 4 is 12.0 Å². The van der Waals surface area contributed by atoms with Gasteiger partial charge in [-0.2, -0.15) is 0 Å². The van der Waals surface area contributed by atoms with Gasteiger partial charge in [0.1, 0.15) is 17.6 Å². The summed E-state index contributed by atoms with van der Waals surface area (Å²) in [4.78, 5) is 31.3. The van der Waals surface area contributed by atoms with E-state index in [0.29, 0.717) is 24.6 Å². The third-order valence-corrected chi connectivity index (χ3v) is 7.25. The molecule has 1 saturated carbocycles. The molecule has 33 heavy (non-hydrogen) atoms. The molecule has 2 aromatic rings. The minimum absolute atomic E-state index is 0.138. The molecule has 0 spiro atoms. The Morgan fingerprint density at radius 1 is 1.39 bits per heavy atom. The summed E-state index contributed by atoms with van der Waals surface area (Å²) < 4.78 is 9.81. The average Bonchev–Trinajstić information content (AvgIpc) is 3.24. The summed E-state index contributed by atoms with van der Waals surface area (Å²) in [7, 11) is 1.29. The van der Waals surface area contributed by atoms with Gasteiger partial charge in [-0.05, 0) is 59.9 Å². The number of methoxy groups -OCH3 is 1. The van der Waals surface area contributed by atoms with Crippen LogP contribution < -0.4 is 5.32 Å². The first-order chi connectivity index (χ1) is 15.8. The lowest BCUT2D eigenvalue weighted by atomic mass is 9.81. The zero-order valence-corrected chi connectivity index (χ0v) is 18.9. The molecule has 1 fully saturated rings. The molecule has 2 amide bonds. The molecule has 3 aliphatic rings. The fraction of sp³-hybridized carbons (Fsp3) is 0.400. The quantitative estimate of drug-likeness (QED) is 0.686. The topological polar surface area (TPSA) is 105 Å². The number of amides is 2. The summed E-state index contributed by atoms with van der Waals surface area (Å²) in [5.74, 6) is -0.267. The fourth-order valence-electron chi connectivity index (χ4n) is 5.21. The zero-order valence-electron chi connectivity index (χ0n) is 18.9. The number of aromatic nitrogens is 1. The highest BCUT2D eigenvalue weighted by molar-refractivity contribution is 5.93. The van der Waals surface area contributed by atoms with Gasteiger partial charge in [-0.15, -0.1) is 0 Å². The molecule has 8 nitrogen and oxygen atoms in total. The Labute approximate surface area is 191 Å². The molecule has 3 atom stereocenters. The summed E-state index contributed by atoms with van der Waals surface area (Å²) in [6, 6.07) is 2.71. The molecule has 1 aliphatic heterocycles. The number of carbonyl (C=O) groups excluding carboxylic acids is 2. The maximum Gasteiger partial charge on any atom is 0.341 e. The van der Waals surface area contributed by atoms with E-state index in [1.807, 2.05) is 0 Å². The van der Waals surface area contributed by atoms with Gasteiger partial charge in [0, 0.05) is 6.54 Å². The SMILES string of the molecule is COC(=O)c1cc2c(cc1O)C(C1=C(C)C3CC3(C)C=C1)N(C(=O)NCc1cocn1)CC2. The maximum atomic E-state index is 13.3. The third kappa shape index (κ3) is 3.59. The van der Waals surface area contributed by atoms with Crippen molar-refractivity contribution < 1.29 is 23.8 Å². The van der Waals surface area contributed by atoms with Crippen molar-refractivity contribution in [2.24, 2.45) is 11.3 Å². The van der Waals surface area contributed by atoms with Crippen molar-refractivity contribution in [3.63, 3.8) is 0 Å². The van der Waals surface area contributed by atoms with Crippen LogP contribution >= 0.6 is 0 Å². The highest BCUT2D eigenvalue weighted by Gasteiger charge is 2.52. The van der Waals surface area contributed by atoms with E-state index in [9.17, 15) is 14.7 Å². The van der Waals surface area contributed by atoms with Gasteiger partial charge in [-0.25, -0.2) is 14.6 Å². The van der Waals surface area contributed by atoms with E-state index >= 15 is 0 Å². The van der Waals surface area contributed by atoms with Crippen LogP contribution in [0.2, 0.25) is 0 Å². The monoisotopic (exact) mass is 449 g/mol. The van der Waals surface area contributed by atoms with Crippen molar-refractivity contribution in [1.29, 1.82) is 0 Å². The number of fused-ring (bicyclic) bond motifs is 2. The molecule has 172 valence electrons. The van der Waals surface area contributed by atoms with Crippen LogP contribution in [0.1, 0.15) is 53.5 Å². The third-order valence-electron chi connectivity index (χ3n) is 7.25. The molecule has 1 aromatic carbocycles. The number of hydrogen-bond acceptors (Lipinski definition) is 6. The standard InChI is InChI=1S/C25H27N3O5/c1-14-17(4-6-25(2)10-20(14)25)22-18-9-21(29)19(23(30)32-3)8-15(18)5-7-28(22)24(31)26-11-16-12-33-13-27-16/h4,6,8-9,12-13,20,22,29H,5,7,10-11H2,1-3H3,(H,26,31). The number of benzene rings is 1. The molecule has 0 radical (unpaired) electrons. The van der Waals surface area contributed by atoms with Crippen LogP contribution in [0, 0.1) is 11.3 Å². The highest BCUT2D eigenvalue weighted by atomic mass is 16.5. The second kappa shape index (κ2) is 7.79. The van der Waals surface area contributed by atoms with Gasteiger partial charge in [0.05, 0.1) is 25.4 Å². The van der Waals surface area contributed by atoms with E-state index < -0.39 is 5.97 Å². The number of ether oxygens (including phenoxy) is 1. The Bertz CT molecular complexity index is 1180. The zero-order chi connectivity index (χ0) is 23.3. The summed E-state index contributed by atoms with van der Waals surface area (Å²) in [5, 5.41) is 13.6. The second-order valence-electron chi connectivity index (χ2n) is 9.28. The lowest BCUT2D eigenvalue weighted by Crippen LogP contribution is -2.46. The van der Waals surface area contributed by atoms with Crippen LogP contribution in [0.4, 0.5) is 4.79 Å². The number of nitrogens with zero attached hydrogens (tertiary/aromatic N) is 2. The minimum atomic E-state index is -0.582. The summed E-state index contributed by atoms with van der Waals surface area (Å²) in [5.41, 5.74) is 5.06. The molecule has 3 unspecified atom stereocenters. The van der Waals surface area contributed by atoms with E-state index in [4.69, 9.17) is 9.15 Å². The van der Waals surface area contributed by atoms with Crippen LogP contribution in [-0.2, 0) is 17.7 Å². The van der Waals surface area contributed by atoms with Gasteiger partial charge < -0.3 is 24.5 Å². The van der Waals surface area contributed by atoms with E-state index in [1.165, 1.54) is 25.3 Å². The number of carbonyl (C=O) groups is 2. The second-order valence-corrected chi connectivity index (χ2v) is 9.28. The fourth-order valence-corrected chi connectivity index (χ4v) is 5.21. The minimum Gasteiger partial charge on any atom is -0.507 e. The van der Waals surface area contributed by atoms with Gasteiger partial charge in [0.15, 0.2) is 6.39 Å². The van der Waals surface area contributed by atoms with E-state index in [2.05, 4.69) is 36.3 Å². The lowest BCUT2D eigenvalue weighted by Gasteiger charge is -2.40. The number of urea groups is 1. The Morgan fingerprint density at radius 2 is 2.21 bits per heavy atom.